The molecule has 1 fully saturated rings. The molecule has 1 aliphatic rings. The lowest BCUT2D eigenvalue weighted by Crippen LogP contribution is -2.43. The van der Waals surface area contributed by atoms with Crippen LogP contribution in [-0.2, 0) is 14.8 Å². The molecule has 2 rings (SSSR count). The van der Waals surface area contributed by atoms with Crippen molar-refractivity contribution in [1.29, 1.82) is 0 Å². The van der Waals surface area contributed by atoms with Crippen LogP contribution in [0.1, 0.15) is 26.7 Å². The number of piperidine rings is 1. The lowest BCUT2D eigenvalue weighted by Gasteiger charge is -2.34. The molecule has 170 valence electrons. The van der Waals surface area contributed by atoms with Gasteiger partial charge >= 0.3 is 6.36 Å². The van der Waals surface area contributed by atoms with Crippen molar-refractivity contribution in [3.63, 3.8) is 0 Å². The number of sulfonamides is 1. The number of alkyl halides is 3. The summed E-state index contributed by atoms with van der Waals surface area (Å²) in [5.74, 6) is 0.476. The topological polar surface area (TPSA) is 87.7 Å². The Balaban J connectivity index is 1.71. The van der Waals surface area contributed by atoms with Gasteiger partial charge in [-0.15, -0.1) is 13.2 Å². The Kier molecular flexibility index (Phi) is 8.51. The summed E-state index contributed by atoms with van der Waals surface area (Å²) in [6.07, 6.45) is -3.68. The van der Waals surface area contributed by atoms with Crippen LogP contribution in [-0.4, -0.2) is 58.3 Å². The van der Waals surface area contributed by atoms with E-state index in [0.29, 0.717) is 18.4 Å². The molecule has 2 unspecified atom stereocenters. The van der Waals surface area contributed by atoms with Gasteiger partial charge in [-0.25, -0.2) is 13.1 Å². The number of hydrogen-bond acceptors (Lipinski definition) is 5. The fraction of sp³-hybridized carbons (Fsp3) is 0.632. The fourth-order valence-electron chi connectivity index (χ4n) is 3.62. The third-order valence-electron chi connectivity index (χ3n) is 4.71. The van der Waals surface area contributed by atoms with Crippen molar-refractivity contribution in [2.24, 2.45) is 11.8 Å². The molecular weight excluding hydrogens is 423 g/mol. The lowest BCUT2D eigenvalue weighted by atomic mass is 9.92. The molecule has 0 spiro atoms. The molecule has 0 aliphatic carbocycles. The highest BCUT2D eigenvalue weighted by atomic mass is 32.2. The summed E-state index contributed by atoms with van der Waals surface area (Å²) in [7, 11) is -3.94. The first-order chi connectivity index (χ1) is 13.9. The highest BCUT2D eigenvalue weighted by Crippen LogP contribution is 2.24. The van der Waals surface area contributed by atoms with Crippen molar-refractivity contribution >= 4 is 15.9 Å². The molecule has 2 atom stereocenters. The smallest absolute Gasteiger partial charge is 0.406 e. The van der Waals surface area contributed by atoms with E-state index in [1.54, 1.807) is 0 Å². The van der Waals surface area contributed by atoms with Crippen molar-refractivity contribution in [1.82, 2.24) is 14.9 Å². The van der Waals surface area contributed by atoms with Crippen LogP contribution in [0, 0.1) is 11.8 Å². The van der Waals surface area contributed by atoms with Crippen LogP contribution in [0.5, 0.6) is 5.75 Å². The SMILES string of the molecule is CC1CC(C)CN(CCNC(=O)CCNS(=O)(=O)c2ccc(OC(F)(F)F)cc2)C1. The second-order valence-electron chi connectivity index (χ2n) is 7.72. The average molecular weight is 452 g/mol. The second kappa shape index (κ2) is 10.5. The number of likely N-dealkylation sites (tertiary alicyclic amines) is 1. The molecule has 0 aromatic heterocycles. The molecule has 11 heteroatoms. The third kappa shape index (κ3) is 8.49. The van der Waals surface area contributed by atoms with Gasteiger partial charge in [-0.2, -0.15) is 0 Å². The standard InChI is InChI=1S/C19H28F3N3O4S/c1-14-11-15(2)13-25(12-14)10-9-23-18(26)7-8-24-30(27,28)17-5-3-16(4-6-17)29-19(20,21)22/h3-6,14-15,24H,7-13H2,1-2H3,(H,23,26). The number of carbonyl (C=O) groups is 1. The Morgan fingerprint density at radius 3 is 2.30 bits per heavy atom. The van der Waals surface area contributed by atoms with Gasteiger partial charge in [-0.05, 0) is 42.5 Å². The van der Waals surface area contributed by atoms with E-state index in [1.165, 1.54) is 6.42 Å². The molecule has 0 radical (unpaired) electrons. The molecule has 7 nitrogen and oxygen atoms in total. The normalized spacial score (nSPS) is 20.7. The van der Waals surface area contributed by atoms with E-state index in [-0.39, 0.29) is 23.8 Å². The Hall–Kier alpha value is -1.85. The third-order valence-corrected chi connectivity index (χ3v) is 6.18. The molecule has 1 heterocycles. The van der Waals surface area contributed by atoms with Gasteiger partial charge in [0.25, 0.3) is 0 Å². The number of amides is 1. The van der Waals surface area contributed by atoms with Crippen LogP contribution in [0.3, 0.4) is 0 Å². The Morgan fingerprint density at radius 1 is 1.13 bits per heavy atom. The van der Waals surface area contributed by atoms with Gasteiger partial charge in [0.05, 0.1) is 4.90 Å². The Bertz CT molecular complexity index is 790. The van der Waals surface area contributed by atoms with Gasteiger partial charge < -0.3 is 15.0 Å². The number of benzene rings is 1. The lowest BCUT2D eigenvalue weighted by molar-refractivity contribution is -0.274. The zero-order valence-corrected chi connectivity index (χ0v) is 17.9. The molecule has 1 aromatic rings. The minimum Gasteiger partial charge on any atom is -0.406 e. The minimum absolute atomic E-state index is 0.0404. The van der Waals surface area contributed by atoms with Crippen molar-refractivity contribution in [2.75, 3.05) is 32.7 Å². The number of halogens is 3. The maximum atomic E-state index is 12.2. The van der Waals surface area contributed by atoms with E-state index >= 15 is 0 Å². The summed E-state index contributed by atoms with van der Waals surface area (Å²) in [5, 5.41) is 2.78. The van der Waals surface area contributed by atoms with Crippen LogP contribution >= 0.6 is 0 Å². The largest absolute Gasteiger partial charge is 0.573 e. The Morgan fingerprint density at radius 2 is 1.73 bits per heavy atom. The van der Waals surface area contributed by atoms with Crippen LogP contribution in [0.15, 0.2) is 29.2 Å². The van der Waals surface area contributed by atoms with Crippen LogP contribution in [0.4, 0.5) is 13.2 Å². The summed E-state index contributed by atoms with van der Waals surface area (Å²) in [6.45, 7) is 7.56. The van der Waals surface area contributed by atoms with Crippen LogP contribution in [0.2, 0.25) is 0 Å². The van der Waals surface area contributed by atoms with Crippen LogP contribution in [0.25, 0.3) is 0 Å². The van der Waals surface area contributed by atoms with Crippen molar-refractivity contribution in [3.05, 3.63) is 24.3 Å². The number of nitrogens with zero attached hydrogens (tertiary/aromatic N) is 1. The Labute approximate surface area is 175 Å². The number of carbonyl (C=O) groups excluding carboxylic acids is 1. The molecule has 30 heavy (non-hydrogen) atoms. The minimum atomic E-state index is -4.85. The van der Waals surface area contributed by atoms with E-state index in [4.69, 9.17) is 0 Å². The van der Waals surface area contributed by atoms with Crippen molar-refractivity contribution < 1.29 is 31.1 Å². The zero-order valence-electron chi connectivity index (χ0n) is 17.0. The van der Waals surface area contributed by atoms with Crippen molar-refractivity contribution in [2.45, 2.75) is 37.9 Å². The number of nitrogens with one attached hydrogen (secondary N) is 2. The number of hydrogen-bond donors (Lipinski definition) is 2. The van der Waals surface area contributed by atoms with Gasteiger partial charge in [-0.3, -0.25) is 4.79 Å². The fourth-order valence-corrected chi connectivity index (χ4v) is 4.65. The molecule has 2 N–H and O–H groups in total. The number of ether oxygens (including phenoxy) is 1. The predicted molar refractivity (Wildman–Crippen MR) is 105 cm³/mol. The van der Waals surface area contributed by atoms with Gasteiger partial charge in [0, 0.05) is 39.1 Å². The molecule has 1 saturated heterocycles. The van der Waals surface area contributed by atoms with E-state index in [1.807, 2.05) is 0 Å². The molecule has 1 aliphatic heterocycles. The van der Waals surface area contributed by atoms with Gasteiger partial charge in [0.2, 0.25) is 15.9 Å². The van der Waals surface area contributed by atoms with E-state index in [2.05, 4.69) is 33.5 Å². The molecule has 1 amide bonds. The molecule has 0 saturated carbocycles. The van der Waals surface area contributed by atoms with Crippen LogP contribution < -0.4 is 14.8 Å². The predicted octanol–water partition coefficient (Wildman–Crippen LogP) is 2.35. The van der Waals surface area contributed by atoms with Gasteiger partial charge in [0.15, 0.2) is 0 Å². The first-order valence-electron chi connectivity index (χ1n) is 9.79. The van der Waals surface area contributed by atoms with Gasteiger partial charge in [0.1, 0.15) is 5.75 Å². The molecule has 0 bridgehead atoms. The second-order valence-corrected chi connectivity index (χ2v) is 9.49. The summed E-state index contributed by atoms with van der Waals surface area (Å²) in [6, 6.07) is 3.84. The average Bonchev–Trinajstić information content (AvgIpc) is 2.60. The summed E-state index contributed by atoms with van der Waals surface area (Å²) < 4.78 is 66.8. The summed E-state index contributed by atoms with van der Waals surface area (Å²) >= 11 is 0. The van der Waals surface area contributed by atoms with E-state index < -0.39 is 22.1 Å². The zero-order chi connectivity index (χ0) is 22.4. The maximum Gasteiger partial charge on any atom is 0.573 e. The quantitative estimate of drug-likeness (QED) is 0.602. The summed E-state index contributed by atoms with van der Waals surface area (Å²) in [5.41, 5.74) is 0. The monoisotopic (exact) mass is 451 g/mol. The number of rotatable bonds is 9. The highest BCUT2D eigenvalue weighted by Gasteiger charge is 2.31. The van der Waals surface area contributed by atoms with E-state index in [0.717, 1.165) is 43.9 Å². The highest BCUT2D eigenvalue weighted by molar-refractivity contribution is 7.89. The van der Waals surface area contributed by atoms with Gasteiger partial charge in [-0.1, -0.05) is 13.8 Å². The molecular formula is C19H28F3N3O4S. The van der Waals surface area contributed by atoms with E-state index in [9.17, 15) is 26.4 Å². The molecule has 1 aromatic carbocycles. The summed E-state index contributed by atoms with van der Waals surface area (Å²) in [4.78, 5) is 14.0. The van der Waals surface area contributed by atoms with Crippen molar-refractivity contribution in [3.8, 4) is 5.75 Å². The first-order valence-corrected chi connectivity index (χ1v) is 11.3. The maximum absolute atomic E-state index is 12.2. The first kappa shape index (κ1) is 24.4.